The number of ether oxygens (including phenoxy) is 1. The van der Waals surface area contributed by atoms with Crippen molar-refractivity contribution in [2.24, 2.45) is 0 Å². The van der Waals surface area contributed by atoms with Crippen LogP contribution < -0.4 is 5.32 Å². The van der Waals surface area contributed by atoms with Gasteiger partial charge < -0.3 is 10.1 Å². The summed E-state index contributed by atoms with van der Waals surface area (Å²) < 4.78 is 17.8. The van der Waals surface area contributed by atoms with Crippen LogP contribution in [0.5, 0.6) is 0 Å². The van der Waals surface area contributed by atoms with Crippen LogP contribution >= 0.6 is 11.3 Å². The first-order valence-electron chi connectivity index (χ1n) is 6.81. The molecule has 1 aromatic carbocycles. The molecule has 1 amide bonds. The van der Waals surface area contributed by atoms with Crippen molar-refractivity contribution in [3.63, 3.8) is 0 Å². The summed E-state index contributed by atoms with van der Waals surface area (Å²) in [4.78, 5) is 24.2. The number of amides is 1. The maximum Gasteiger partial charge on any atom is 0.348 e. The van der Waals surface area contributed by atoms with Crippen LogP contribution in [0.15, 0.2) is 30.3 Å². The van der Waals surface area contributed by atoms with Crippen LogP contribution in [0.4, 0.5) is 9.39 Å². The molecule has 0 aliphatic heterocycles. The van der Waals surface area contributed by atoms with E-state index in [1.165, 1.54) is 23.5 Å². The number of hydrogen-bond acceptors (Lipinski definition) is 4. The highest BCUT2D eigenvalue weighted by Crippen LogP contribution is 2.27. The zero-order chi connectivity index (χ0) is 16.1. The molecule has 0 aliphatic rings. The van der Waals surface area contributed by atoms with Crippen molar-refractivity contribution in [2.75, 3.05) is 11.9 Å². The zero-order valence-corrected chi connectivity index (χ0v) is 13.1. The zero-order valence-electron chi connectivity index (χ0n) is 12.3. The second-order valence-electron chi connectivity index (χ2n) is 4.69. The molecule has 2 aromatic rings. The third kappa shape index (κ3) is 4.14. The van der Waals surface area contributed by atoms with Gasteiger partial charge in [-0.1, -0.05) is 12.1 Å². The van der Waals surface area contributed by atoms with Gasteiger partial charge in [-0.25, -0.2) is 9.18 Å². The lowest BCUT2D eigenvalue weighted by Gasteiger charge is -2.02. The van der Waals surface area contributed by atoms with Crippen LogP contribution in [0.3, 0.4) is 0 Å². The highest BCUT2D eigenvalue weighted by Gasteiger charge is 2.15. The molecular weight excluding hydrogens is 305 g/mol. The minimum Gasteiger partial charge on any atom is -0.462 e. The fraction of sp³-hybridized carbons (Fsp3) is 0.250. The second-order valence-corrected chi connectivity index (χ2v) is 5.75. The number of carbonyl (C=O) groups is 2. The quantitative estimate of drug-likeness (QED) is 0.857. The third-order valence-corrected chi connectivity index (χ3v) is 4.05. The van der Waals surface area contributed by atoms with Gasteiger partial charge in [-0.15, -0.1) is 11.3 Å². The van der Waals surface area contributed by atoms with Gasteiger partial charge >= 0.3 is 5.97 Å². The Bertz CT molecular complexity index is 679. The van der Waals surface area contributed by atoms with Crippen LogP contribution in [0, 0.1) is 12.7 Å². The summed E-state index contributed by atoms with van der Waals surface area (Å²) in [5.74, 6) is -0.940. The molecule has 0 unspecified atom stereocenters. The Hall–Kier alpha value is -2.21. The number of benzene rings is 1. The first kappa shape index (κ1) is 16.2. The van der Waals surface area contributed by atoms with Gasteiger partial charge in [-0.3, -0.25) is 4.79 Å². The summed E-state index contributed by atoms with van der Waals surface area (Å²) in [6.07, 6.45) is 0.145. The molecule has 0 spiro atoms. The molecule has 6 heteroatoms. The van der Waals surface area contributed by atoms with Crippen LogP contribution in [0.1, 0.15) is 27.7 Å². The number of halogens is 1. The number of nitrogens with one attached hydrogen (secondary N) is 1. The van der Waals surface area contributed by atoms with Crippen molar-refractivity contribution in [1.82, 2.24) is 0 Å². The fourth-order valence-corrected chi connectivity index (χ4v) is 2.89. The van der Waals surface area contributed by atoms with Crippen molar-refractivity contribution < 1.29 is 18.7 Å². The molecule has 22 heavy (non-hydrogen) atoms. The first-order valence-corrected chi connectivity index (χ1v) is 7.63. The van der Waals surface area contributed by atoms with E-state index in [0.717, 1.165) is 11.1 Å². The van der Waals surface area contributed by atoms with E-state index in [4.69, 9.17) is 4.74 Å². The predicted octanol–water partition coefficient (Wildman–Crippen LogP) is 3.55. The number of anilines is 1. The third-order valence-electron chi connectivity index (χ3n) is 2.92. The van der Waals surface area contributed by atoms with Gasteiger partial charge in [-0.2, -0.15) is 0 Å². The van der Waals surface area contributed by atoms with E-state index in [0.29, 0.717) is 16.5 Å². The lowest BCUT2D eigenvalue weighted by molar-refractivity contribution is -0.115. The highest BCUT2D eigenvalue weighted by atomic mass is 32.1. The minimum absolute atomic E-state index is 0.145. The summed E-state index contributed by atoms with van der Waals surface area (Å²) in [7, 11) is 0. The highest BCUT2D eigenvalue weighted by molar-refractivity contribution is 7.18. The smallest absolute Gasteiger partial charge is 0.348 e. The van der Waals surface area contributed by atoms with Crippen molar-refractivity contribution >= 4 is 28.2 Å². The maximum absolute atomic E-state index is 12.8. The van der Waals surface area contributed by atoms with Gasteiger partial charge in [-0.05, 0) is 43.2 Å². The Labute approximate surface area is 131 Å². The maximum atomic E-state index is 12.8. The molecule has 0 aliphatic carbocycles. The summed E-state index contributed by atoms with van der Waals surface area (Å²) in [6, 6.07) is 7.50. The fourth-order valence-electron chi connectivity index (χ4n) is 1.91. The van der Waals surface area contributed by atoms with Crippen LogP contribution in [0.2, 0.25) is 0 Å². The van der Waals surface area contributed by atoms with Crippen LogP contribution in [-0.2, 0) is 16.0 Å². The molecule has 4 nitrogen and oxygen atoms in total. The number of aryl methyl sites for hydroxylation is 1. The van der Waals surface area contributed by atoms with E-state index >= 15 is 0 Å². The number of rotatable bonds is 5. The van der Waals surface area contributed by atoms with Gasteiger partial charge in [0.25, 0.3) is 0 Å². The molecule has 1 aromatic heterocycles. The lowest BCUT2D eigenvalue weighted by atomic mass is 10.1. The predicted molar refractivity (Wildman–Crippen MR) is 83.7 cm³/mol. The number of thiophene rings is 1. The van der Waals surface area contributed by atoms with Gasteiger partial charge in [0.1, 0.15) is 10.7 Å². The molecule has 1 N–H and O–H groups in total. The van der Waals surface area contributed by atoms with E-state index in [1.807, 2.05) is 0 Å². The molecule has 2 rings (SSSR count). The molecule has 0 radical (unpaired) electrons. The van der Waals surface area contributed by atoms with Gasteiger partial charge in [0.05, 0.1) is 18.0 Å². The number of carbonyl (C=O) groups excluding carboxylic acids is 2. The second kappa shape index (κ2) is 7.17. The first-order chi connectivity index (χ1) is 10.5. The van der Waals surface area contributed by atoms with E-state index in [-0.39, 0.29) is 24.1 Å². The van der Waals surface area contributed by atoms with Crippen molar-refractivity contribution in [3.8, 4) is 0 Å². The summed E-state index contributed by atoms with van der Waals surface area (Å²) >= 11 is 1.18. The SMILES string of the molecule is CCOC(=O)c1sc(NC(=O)Cc2ccc(F)cc2)cc1C. The summed E-state index contributed by atoms with van der Waals surface area (Å²) in [6.45, 7) is 3.84. The van der Waals surface area contributed by atoms with E-state index in [1.54, 1.807) is 32.0 Å². The average molecular weight is 321 g/mol. The Morgan fingerprint density at radius 1 is 1.27 bits per heavy atom. The molecule has 0 saturated carbocycles. The van der Waals surface area contributed by atoms with Crippen LogP contribution in [-0.4, -0.2) is 18.5 Å². The summed E-state index contributed by atoms with van der Waals surface area (Å²) in [5.41, 5.74) is 1.48. The normalized spacial score (nSPS) is 10.3. The van der Waals surface area contributed by atoms with Crippen molar-refractivity contribution in [3.05, 3.63) is 52.2 Å². The lowest BCUT2D eigenvalue weighted by Crippen LogP contribution is -2.13. The monoisotopic (exact) mass is 321 g/mol. The van der Waals surface area contributed by atoms with E-state index < -0.39 is 0 Å². The Kier molecular flexibility index (Phi) is 5.27. The standard InChI is InChI=1S/C16H16FNO3S/c1-3-21-16(20)15-10(2)8-14(22-15)18-13(19)9-11-4-6-12(17)7-5-11/h4-8H,3,9H2,1-2H3,(H,18,19). The van der Waals surface area contributed by atoms with Crippen molar-refractivity contribution in [1.29, 1.82) is 0 Å². The Balaban J connectivity index is 2.01. The molecule has 0 saturated heterocycles. The minimum atomic E-state index is -0.385. The molecular formula is C16H16FNO3S. The molecule has 0 fully saturated rings. The summed E-state index contributed by atoms with van der Waals surface area (Å²) in [5, 5.41) is 3.33. The van der Waals surface area contributed by atoms with Gasteiger partial charge in [0.15, 0.2) is 0 Å². The van der Waals surface area contributed by atoms with Crippen molar-refractivity contribution in [2.45, 2.75) is 20.3 Å². The van der Waals surface area contributed by atoms with E-state index in [9.17, 15) is 14.0 Å². The van der Waals surface area contributed by atoms with Crippen LogP contribution in [0.25, 0.3) is 0 Å². The largest absolute Gasteiger partial charge is 0.462 e. The molecule has 1 heterocycles. The van der Waals surface area contributed by atoms with E-state index in [2.05, 4.69) is 5.32 Å². The molecule has 116 valence electrons. The number of esters is 1. The van der Waals surface area contributed by atoms with Gasteiger partial charge in [0.2, 0.25) is 5.91 Å². The molecule has 0 bridgehead atoms. The Morgan fingerprint density at radius 2 is 1.95 bits per heavy atom. The Morgan fingerprint density at radius 3 is 2.59 bits per heavy atom. The topological polar surface area (TPSA) is 55.4 Å². The average Bonchev–Trinajstić information content (AvgIpc) is 2.82. The van der Waals surface area contributed by atoms with Gasteiger partial charge in [0, 0.05) is 0 Å². The number of hydrogen-bond donors (Lipinski definition) is 1. The molecule has 0 atom stereocenters.